The Balaban J connectivity index is 1.63. The van der Waals surface area contributed by atoms with Crippen LogP contribution in [0.4, 0.5) is 11.4 Å². The zero-order valence-electron chi connectivity index (χ0n) is 17.7. The Morgan fingerprint density at radius 1 is 0.903 bits per heavy atom. The maximum atomic E-state index is 6.51. The third kappa shape index (κ3) is 2.78. The first-order valence-electron chi connectivity index (χ1n) is 10.5. The van der Waals surface area contributed by atoms with Gasteiger partial charge in [0.1, 0.15) is 17.0 Å². The van der Waals surface area contributed by atoms with E-state index in [4.69, 9.17) is 9.15 Å². The van der Waals surface area contributed by atoms with Crippen LogP contribution in [-0.4, -0.2) is 6.73 Å². The predicted octanol–water partition coefficient (Wildman–Crippen LogP) is 8.29. The third-order valence-corrected chi connectivity index (χ3v) is 6.83. The summed E-state index contributed by atoms with van der Waals surface area (Å²) in [7, 11) is 0. The van der Waals surface area contributed by atoms with Crippen molar-refractivity contribution >= 4 is 60.0 Å². The fraction of sp³-hybridized carbons (Fsp3) is 0.185. The van der Waals surface area contributed by atoms with Gasteiger partial charge in [-0.2, -0.15) is 0 Å². The first-order chi connectivity index (χ1) is 14.9. The van der Waals surface area contributed by atoms with Crippen molar-refractivity contribution in [1.29, 1.82) is 0 Å². The zero-order valence-corrected chi connectivity index (χ0v) is 19.3. The Bertz CT molecular complexity index is 1490. The lowest BCUT2D eigenvalue weighted by atomic mass is 9.87. The van der Waals surface area contributed by atoms with Crippen molar-refractivity contribution in [2.75, 3.05) is 11.6 Å². The van der Waals surface area contributed by atoms with Crippen molar-refractivity contribution in [3.63, 3.8) is 0 Å². The van der Waals surface area contributed by atoms with Crippen molar-refractivity contribution in [2.24, 2.45) is 0 Å². The molecule has 2 heterocycles. The van der Waals surface area contributed by atoms with Gasteiger partial charge in [-0.25, -0.2) is 0 Å². The normalized spacial score (nSPS) is 13.9. The average Bonchev–Trinajstić information content (AvgIpc) is 3.12. The van der Waals surface area contributed by atoms with E-state index in [-0.39, 0.29) is 5.41 Å². The van der Waals surface area contributed by atoms with E-state index in [2.05, 4.69) is 96.2 Å². The van der Waals surface area contributed by atoms with E-state index in [1.54, 1.807) is 0 Å². The third-order valence-electron chi connectivity index (χ3n) is 6.19. The van der Waals surface area contributed by atoms with Gasteiger partial charge in [-0.05, 0) is 62.6 Å². The molecule has 4 heteroatoms. The summed E-state index contributed by atoms with van der Waals surface area (Å²) in [6, 6.07) is 23.4. The molecule has 0 atom stereocenters. The van der Waals surface area contributed by atoms with Crippen LogP contribution in [0.1, 0.15) is 26.3 Å². The first-order valence-corrected chi connectivity index (χ1v) is 11.3. The Kier molecular flexibility index (Phi) is 3.94. The summed E-state index contributed by atoms with van der Waals surface area (Å²) in [6.45, 7) is 7.10. The highest BCUT2D eigenvalue weighted by molar-refractivity contribution is 9.10. The number of anilines is 2. The number of furan rings is 1. The maximum absolute atomic E-state index is 6.51. The molecule has 0 N–H and O–H groups in total. The van der Waals surface area contributed by atoms with Crippen LogP contribution >= 0.6 is 15.9 Å². The summed E-state index contributed by atoms with van der Waals surface area (Å²) >= 11 is 3.79. The molecule has 1 aliphatic rings. The summed E-state index contributed by atoms with van der Waals surface area (Å²) < 4.78 is 13.7. The lowest BCUT2D eigenvalue weighted by Gasteiger charge is -2.31. The van der Waals surface area contributed by atoms with Crippen LogP contribution in [0, 0.1) is 0 Å². The number of rotatable bonds is 1. The molecule has 31 heavy (non-hydrogen) atoms. The van der Waals surface area contributed by atoms with Crippen LogP contribution in [0.2, 0.25) is 0 Å². The quantitative estimate of drug-likeness (QED) is 0.245. The van der Waals surface area contributed by atoms with E-state index in [9.17, 15) is 0 Å². The second-order valence-corrected chi connectivity index (χ2v) is 10.0. The minimum Gasteiger partial charge on any atom is -0.472 e. The van der Waals surface area contributed by atoms with Crippen LogP contribution in [0.5, 0.6) is 5.75 Å². The van der Waals surface area contributed by atoms with E-state index in [0.29, 0.717) is 6.73 Å². The summed E-state index contributed by atoms with van der Waals surface area (Å²) in [4.78, 5) is 2.20. The minimum absolute atomic E-state index is 0.0661. The second-order valence-electron chi connectivity index (χ2n) is 9.17. The summed E-state index contributed by atoms with van der Waals surface area (Å²) in [5.74, 6) is 0.923. The zero-order chi connectivity index (χ0) is 21.3. The van der Waals surface area contributed by atoms with Crippen molar-refractivity contribution in [3.05, 3.63) is 76.8 Å². The van der Waals surface area contributed by atoms with Gasteiger partial charge in [0.15, 0.2) is 12.3 Å². The van der Waals surface area contributed by atoms with Gasteiger partial charge < -0.3 is 14.1 Å². The molecule has 4 aromatic carbocycles. The summed E-state index contributed by atoms with van der Waals surface area (Å²) in [6.07, 6.45) is 0. The van der Waals surface area contributed by atoms with Gasteiger partial charge in [0.25, 0.3) is 0 Å². The van der Waals surface area contributed by atoms with Crippen LogP contribution in [0.3, 0.4) is 0 Å². The molecule has 1 aliphatic heterocycles. The van der Waals surface area contributed by atoms with Crippen molar-refractivity contribution in [1.82, 2.24) is 0 Å². The molecular formula is C27H22BrNO2. The maximum Gasteiger partial charge on any atom is 0.165 e. The van der Waals surface area contributed by atoms with Crippen molar-refractivity contribution < 1.29 is 9.15 Å². The number of benzene rings is 4. The van der Waals surface area contributed by atoms with Crippen LogP contribution < -0.4 is 9.64 Å². The van der Waals surface area contributed by atoms with Gasteiger partial charge in [-0.3, -0.25) is 0 Å². The molecule has 3 nitrogen and oxygen atoms in total. The largest absolute Gasteiger partial charge is 0.472 e. The lowest BCUT2D eigenvalue weighted by molar-refractivity contribution is 0.324. The molecule has 0 fully saturated rings. The van der Waals surface area contributed by atoms with E-state index in [1.807, 2.05) is 12.1 Å². The SMILES string of the molecule is CC(C)(C)c1ccc2c(c1)oc1c(N3COc4cccc5cccc3c45)c(Br)ccc12. The fourth-order valence-electron chi connectivity index (χ4n) is 4.54. The number of nitrogens with zero attached hydrogens (tertiary/aromatic N) is 1. The molecule has 0 saturated carbocycles. The summed E-state index contributed by atoms with van der Waals surface area (Å²) in [5, 5.41) is 4.54. The number of hydrogen-bond acceptors (Lipinski definition) is 3. The van der Waals surface area contributed by atoms with Crippen LogP contribution in [0.15, 0.2) is 75.6 Å². The number of hydrogen-bond donors (Lipinski definition) is 0. The predicted molar refractivity (Wildman–Crippen MR) is 132 cm³/mol. The molecule has 154 valence electrons. The molecule has 0 radical (unpaired) electrons. The number of halogens is 1. The molecule has 0 amide bonds. The fourth-order valence-corrected chi connectivity index (χ4v) is 5.07. The molecule has 0 aliphatic carbocycles. The molecular weight excluding hydrogens is 450 g/mol. The number of fused-ring (bicyclic) bond motifs is 3. The highest BCUT2D eigenvalue weighted by atomic mass is 79.9. The highest BCUT2D eigenvalue weighted by Gasteiger charge is 2.26. The Morgan fingerprint density at radius 3 is 2.48 bits per heavy atom. The molecule has 6 rings (SSSR count). The molecule has 5 aromatic rings. The molecule has 0 spiro atoms. The molecule has 1 aromatic heterocycles. The van der Waals surface area contributed by atoms with Crippen LogP contribution in [0.25, 0.3) is 32.7 Å². The van der Waals surface area contributed by atoms with Gasteiger partial charge in [0.05, 0.1) is 5.69 Å². The lowest BCUT2D eigenvalue weighted by Crippen LogP contribution is -2.26. The Morgan fingerprint density at radius 2 is 1.68 bits per heavy atom. The van der Waals surface area contributed by atoms with E-state index in [0.717, 1.165) is 48.9 Å². The Labute approximate surface area is 189 Å². The average molecular weight is 472 g/mol. The van der Waals surface area contributed by atoms with E-state index in [1.165, 1.54) is 10.9 Å². The summed E-state index contributed by atoms with van der Waals surface area (Å²) in [5.41, 5.74) is 5.24. The van der Waals surface area contributed by atoms with E-state index >= 15 is 0 Å². The highest BCUT2D eigenvalue weighted by Crippen LogP contribution is 2.47. The van der Waals surface area contributed by atoms with Crippen LogP contribution in [-0.2, 0) is 5.41 Å². The smallest absolute Gasteiger partial charge is 0.165 e. The molecule has 0 saturated heterocycles. The van der Waals surface area contributed by atoms with Gasteiger partial charge in [-0.1, -0.05) is 57.2 Å². The number of ether oxygens (including phenoxy) is 1. The molecule has 0 bridgehead atoms. The van der Waals surface area contributed by atoms with Gasteiger partial charge in [0, 0.05) is 20.6 Å². The first kappa shape index (κ1) is 18.8. The molecule has 0 unspecified atom stereocenters. The minimum atomic E-state index is 0.0661. The van der Waals surface area contributed by atoms with Crippen molar-refractivity contribution in [3.8, 4) is 5.75 Å². The standard InChI is InChI=1S/C27H22BrNO2/c1-27(2,3)17-10-11-18-19-12-13-20(28)25(26(19)31-23(18)14-17)29-15-30-22-9-5-7-16-6-4-8-21(29)24(16)22/h4-14H,15H2,1-3H3. The van der Waals surface area contributed by atoms with E-state index < -0.39 is 0 Å². The second kappa shape index (κ2) is 6.51. The monoisotopic (exact) mass is 471 g/mol. The van der Waals surface area contributed by atoms with Gasteiger partial charge in [0.2, 0.25) is 0 Å². The van der Waals surface area contributed by atoms with Gasteiger partial charge in [-0.15, -0.1) is 0 Å². The van der Waals surface area contributed by atoms with Gasteiger partial charge >= 0.3 is 0 Å². The van der Waals surface area contributed by atoms with Crippen molar-refractivity contribution in [2.45, 2.75) is 26.2 Å². The topological polar surface area (TPSA) is 25.6 Å². The Hall–Kier alpha value is -2.98.